The van der Waals surface area contributed by atoms with E-state index in [0.29, 0.717) is 31.5 Å². The molecule has 0 saturated carbocycles. The van der Waals surface area contributed by atoms with Gasteiger partial charge in [-0.3, -0.25) is 15.0 Å². The summed E-state index contributed by atoms with van der Waals surface area (Å²) in [5.74, 6) is -0.522. The first kappa shape index (κ1) is 28.6. The third-order valence-corrected chi connectivity index (χ3v) is 6.33. The Bertz CT molecular complexity index is 1170. The second kappa shape index (κ2) is 14.7. The van der Waals surface area contributed by atoms with Crippen molar-refractivity contribution >= 4 is 17.6 Å². The fourth-order valence-electron chi connectivity index (χ4n) is 4.09. The molecule has 0 spiro atoms. The van der Waals surface area contributed by atoms with Crippen molar-refractivity contribution in [1.29, 1.82) is 5.41 Å². The molecule has 200 valence electrons. The zero-order valence-corrected chi connectivity index (χ0v) is 21.8. The number of aryl methyl sites for hydroxylation is 1. The largest absolute Gasteiger partial charge is 0.384 e. The Morgan fingerprint density at radius 3 is 2.05 bits per heavy atom. The summed E-state index contributed by atoms with van der Waals surface area (Å²) in [6, 6.07) is 25.7. The summed E-state index contributed by atoms with van der Waals surface area (Å²) in [5.41, 5.74) is 15.6. The van der Waals surface area contributed by atoms with E-state index in [2.05, 4.69) is 16.0 Å². The van der Waals surface area contributed by atoms with Crippen LogP contribution in [0.15, 0.2) is 84.9 Å². The van der Waals surface area contributed by atoms with E-state index in [1.165, 1.54) is 0 Å². The summed E-state index contributed by atoms with van der Waals surface area (Å²) in [5, 5.41) is 16.5. The molecule has 3 aromatic carbocycles. The Hall–Kier alpha value is -4.01. The summed E-state index contributed by atoms with van der Waals surface area (Å²) in [6.07, 6.45) is 1.99. The number of nitrogens with one attached hydrogen (secondary N) is 4. The fraction of sp³-hybridized carbons (Fsp3) is 0.300. The Morgan fingerprint density at radius 2 is 1.45 bits per heavy atom. The van der Waals surface area contributed by atoms with Gasteiger partial charge in [0.25, 0.3) is 0 Å². The van der Waals surface area contributed by atoms with Gasteiger partial charge < -0.3 is 27.4 Å². The zero-order chi connectivity index (χ0) is 27.3. The van der Waals surface area contributed by atoms with Crippen molar-refractivity contribution in [2.75, 3.05) is 6.54 Å². The number of nitrogens with two attached hydrogens (primary N) is 2. The molecular formula is C30H38N6O2. The van der Waals surface area contributed by atoms with Crippen molar-refractivity contribution in [3.05, 3.63) is 107 Å². The smallest absolute Gasteiger partial charge is 0.242 e. The van der Waals surface area contributed by atoms with Crippen molar-refractivity contribution in [1.82, 2.24) is 16.0 Å². The standard InChI is InChI=1S/C30H38N6O2/c1-21(29(37)35-19-24-12-15-25(16-13-24)28(32)33)36-30(38)27(17-14-22-8-4-2-5-9-22)34-20-26(31)18-23-10-6-3-7-11-23/h2-13,15-16,21,26-27,34H,14,17-20,31H2,1H3,(H3,32,33)(H,35,37)(H,36,38)/t21-,26+,27+/m0/s1. The predicted molar refractivity (Wildman–Crippen MR) is 152 cm³/mol. The first-order chi connectivity index (χ1) is 18.3. The van der Waals surface area contributed by atoms with Crippen LogP contribution in [0, 0.1) is 5.41 Å². The van der Waals surface area contributed by atoms with Gasteiger partial charge >= 0.3 is 0 Å². The third kappa shape index (κ3) is 9.46. The number of nitrogen functional groups attached to an aromatic ring is 1. The molecule has 8 heteroatoms. The van der Waals surface area contributed by atoms with Crippen molar-refractivity contribution in [3.8, 4) is 0 Å². The highest BCUT2D eigenvalue weighted by Gasteiger charge is 2.23. The van der Waals surface area contributed by atoms with Gasteiger partial charge in [-0.15, -0.1) is 0 Å². The number of amides is 2. The number of hydrogen-bond acceptors (Lipinski definition) is 5. The number of carbonyl (C=O) groups is 2. The van der Waals surface area contributed by atoms with Crippen LogP contribution in [0.5, 0.6) is 0 Å². The van der Waals surface area contributed by atoms with Gasteiger partial charge in [-0.2, -0.15) is 0 Å². The minimum Gasteiger partial charge on any atom is -0.384 e. The Balaban J connectivity index is 1.54. The van der Waals surface area contributed by atoms with Crippen LogP contribution < -0.4 is 27.4 Å². The van der Waals surface area contributed by atoms with Gasteiger partial charge in [0.2, 0.25) is 11.8 Å². The lowest BCUT2D eigenvalue weighted by Gasteiger charge is -2.23. The first-order valence-electron chi connectivity index (χ1n) is 12.9. The topological polar surface area (TPSA) is 146 Å². The van der Waals surface area contributed by atoms with E-state index in [4.69, 9.17) is 16.9 Å². The maximum absolute atomic E-state index is 13.2. The van der Waals surface area contributed by atoms with Crippen LogP contribution in [0.4, 0.5) is 0 Å². The Kier molecular flexibility index (Phi) is 11.0. The van der Waals surface area contributed by atoms with Crippen LogP contribution in [0.25, 0.3) is 0 Å². The van der Waals surface area contributed by atoms with E-state index in [0.717, 1.165) is 23.1 Å². The average Bonchev–Trinajstić information content (AvgIpc) is 2.92. The SMILES string of the molecule is C[C@H](NC(=O)[C@@H](CCc1ccccc1)NC[C@H](N)Cc1ccccc1)C(=O)NCc1ccc(C(=N)N)cc1. The third-order valence-electron chi connectivity index (χ3n) is 6.33. The van der Waals surface area contributed by atoms with Gasteiger partial charge in [0.1, 0.15) is 11.9 Å². The quantitative estimate of drug-likeness (QED) is 0.144. The maximum atomic E-state index is 13.2. The Labute approximate surface area is 224 Å². The molecule has 0 heterocycles. The zero-order valence-electron chi connectivity index (χ0n) is 21.8. The lowest BCUT2D eigenvalue weighted by atomic mass is 10.0. The normalized spacial score (nSPS) is 13.2. The van der Waals surface area contributed by atoms with E-state index in [-0.39, 0.29) is 23.7 Å². The molecule has 3 rings (SSSR count). The van der Waals surface area contributed by atoms with Gasteiger partial charge in [-0.1, -0.05) is 84.9 Å². The molecular weight excluding hydrogens is 476 g/mol. The lowest BCUT2D eigenvalue weighted by molar-refractivity contribution is -0.129. The van der Waals surface area contributed by atoms with E-state index in [1.54, 1.807) is 19.1 Å². The highest BCUT2D eigenvalue weighted by Crippen LogP contribution is 2.08. The van der Waals surface area contributed by atoms with E-state index in [9.17, 15) is 9.59 Å². The highest BCUT2D eigenvalue weighted by molar-refractivity contribution is 5.95. The number of rotatable bonds is 14. The van der Waals surface area contributed by atoms with Crippen molar-refractivity contribution in [3.63, 3.8) is 0 Å². The molecule has 0 aromatic heterocycles. The van der Waals surface area contributed by atoms with E-state index < -0.39 is 12.1 Å². The molecule has 2 amide bonds. The second-order valence-corrected chi connectivity index (χ2v) is 9.49. The van der Waals surface area contributed by atoms with Crippen LogP contribution in [-0.2, 0) is 29.0 Å². The number of carbonyl (C=O) groups excluding carboxylic acids is 2. The average molecular weight is 515 g/mol. The van der Waals surface area contributed by atoms with Gasteiger partial charge in [0, 0.05) is 24.7 Å². The van der Waals surface area contributed by atoms with Gasteiger partial charge in [-0.25, -0.2) is 0 Å². The summed E-state index contributed by atoms with van der Waals surface area (Å²) >= 11 is 0. The molecule has 3 atom stereocenters. The molecule has 0 aliphatic rings. The van der Waals surface area contributed by atoms with E-state index >= 15 is 0 Å². The second-order valence-electron chi connectivity index (χ2n) is 9.49. The van der Waals surface area contributed by atoms with Crippen LogP contribution in [0.1, 0.15) is 35.6 Å². The number of benzene rings is 3. The first-order valence-corrected chi connectivity index (χ1v) is 12.9. The van der Waals surface area contributed by atoms with Crippen molar-refractivity contribution in [2.45, 2.75) is 50.9 Å². The van der Waals surface area contributed by atoms with Crippen LogP contribution in [0.2, 0.25) is 0 Å². The minimum atomic E-state index is -0.710. The maximum Gasteiger partial charge on any atom is 0.242 e. The Morgan fingerprint density at radius 1 is 0.842 bits per heavy atom. The molecule has 0 radical (unpaired) electrons. The summed E-state index contributed by atoms with van der Waals surface area (Å²) in [6.45, 7) is 2.45. The fourth-order valence-corrected chi connectivity index (χ4v) is 4.09. The molecule has 0 aliphatic heterocycles. The molecule has 8 nitrogen and oxygen atoms in total. The van der Waals surface area contributed by atoms with Crippen molar-refractivity contribution in [2.24, 2.45) is 11.5 Å². The molecule has 0 aliphatic carbocycles. The van der Waals surface area contributed by atoms with Gasteiger partial charge in [-0.05, 0) is 42.9 Å². The number of amidine groups is 1. The molecule has 8 N–H and O–H groups in total. The van der Waals surface area contributed by atoms with Gasteiger partial charge in [0.15, 0.2) is 0 Å². The highest BCUT2D eigenvalue weighted by atomic mass is 16.2. The lowest BCUT2D eigenvalue weighted by Crippen LogP contribution is -2.53. The van der Waals surface area contributed by atoms with Crippen LogP contribution >= 0.6 is 0 Å². The van der Waals surface area contributed by atoms with Crippen LogP contribution in [-0.4, -0.2) is 42.3 Å². The number of hydrogen-bond donors (Lipinski definition) is 6. The van der Waals surface area contributed by atoms with Crippen molar-refractivity contribution < 1.29 is 9.59 Å². The summed E-state index contributed by atoms with van der Waals surface area (Å²) in [7, 11) is 0. The molecule has 0 fully saturated rings. The molecule has 0 unspecified atom stereocenters. The molecule has 0 saturated heterocycles. The minimum absolute atomic E-state index is 0.00614. The molecule has 0 bridgehead atoms. The van der Waals surface area contributed by atoms with Gasteiger partial charge in [0.05, 0.1) is 6.04 Å². The summed E-state index contributed by atoms with van der Waals surface area (Å²) < 4.78 is 0. The predicted octanol–water partition coefficient (Wildman–Crippen LogP) is 2.25. The van der Waals surface area contributed by atoms with Crippen LogP contribution in [0.3, 0.4) is 0 Å². The summed E-state index contributed by atoms with van der Waals surface area (Å²) in [4.78, 5) is 25.9. The van der Waals surface area contributed by atoms with E-state index in [1.807, 2.05) is 72.8 Å². The molecule has 3 aromatic rings. The molecule has 38 heavy (non-hydrogen) atoms. The monoisotopic (exact) mass is 514 g/mol.